The van der Waals surface area contributed by atoms with E-state index in [1.807, 2.05) is 0 Å². The molecule has 21 heavy (non-hydrogen) atoms. The van der Waals surface area contributed by atoms with Crippen molar-refractivity contribution in [3.63, 3.8) is 0 Å². The fourth-order valence-electron chi connectivity index (χ4n) is 1.72. The molecule has 0 aliphatic heterocycles. The van der Waals surface area contributed by atoms with Gasteiger partial charge in [0, 0.05) is 32.9 Å². The Morgan fingerprint density at radius 1 is 1.38 bits per heavy atom. The van der Waals surface area contributed by atoms with Gasteiger partial charge >= 0.3 is 5.69 Å². The van der Waals surface area contributed by atoms with Crippen LogP contribution in [0.3, 0.4) is 0 Å². The van der Waals surface area contributed by atoms with Crippen LogP contribution in [0.1, 0.15) is 5.69 Å². The molecule has 1 unspecified atom stereocenters. The highest BCUT2D eigenvalue weighted by atomic mass is 28.3. The highest BCUT2D eigenvalue weighted by molar-refractivity contribution is 6.76. The van der Waals surface area contributed by atoms with E-state index in [4.69, 9.17) is 9.84 Å². The summed E-state index contributed by atoms with van der Waals surface area (Å²) in [6.45, 7) is 6.82. The van der Waals surface area contributed by atoms with Crippen molar-refractivity contribution < 1.29 is 14.9 Å². The highest BCUT2D eigenvalue weighted by Gasteiger charge is 2.14. The molecule has 3 N–H and O–H groups in total. The molecule has 7 nitrogen and oxygen atoms in total. The molecule has 0 aliphatic carbocycles. The maximum Gasteiger partial charge on any atom is 0.330 e. The van der Waals surface area contributed by atoms with Gasteiger partial charge in [-0.1, -0.05) is 19.6 Å². The van der Waals surface area contributed by atoms with Gasteiger partial charge in [0.15, 0.2) is 0 Å². The van der Waals surface area contributed by atoms with Crippen molar-refractivity contribution in [2.45, 2.75) is 44.9 Å². The monoisotopic (exact) mass is 316 g/mol. The van der Waals surface area contributed by atoms with Crippen molar-refractivity contribution >= 4 is 8.07 Å². The predicted molar refractivity (Wildman–Crippen MR) is 82.2 cm³/mol. The minimum atomic E-state index is -1.21. The van der Waals surface area contributed by atoms with E-state index in [-0.39, 0.29) is 13.2 Å². The zero-order valence-electron chi connectivity index (χ0n) is 12.8. The lowest BCUT2D eigenvalue weighted by Crippen LogP contribution is -2.35. The second-order valence-corrected chi connectivity index (χ2v) is 11.9. The third kappa shape index (κ3) is 6.38. The molecule has 0 saturated heterocycles. The van der Waals surface area contributed by atoms with E-state index in [0.29, 0.717) is 12.3 Å². The average molecular weight is 316 g/mol. The van der Waals surface area contributed by atoms with Crippen LogP contribution < -0.4 is 11.2 Å². The van der Waals surface area contributed by atoms with Crippen LogP contribution in [0, 0.1) is 0 Å². The van der Waals surface area contributed by atoms with Crippen molar-refractivity contribution in [3.05, 3.63) is 32.6 Å². The molecule has 1 atom stereocenters. The number of hydrogen-bond donors (Lipinski definition) is 3. The third-order valence-electron chi connectivity index (χ3n) is 2.99. The number of nitrogens with zero attached hydrogens (tertiary/aromatic N) is 1. The molecule has 0 aromatic carbocycles. The molecule has 1 aromatic heterocycles. The van der Waals surface area contributed by atoms with Crippen LogP contribution in [0.15, 0.2) is 15.7 Å². The van der Waals surface area contributed by atoms with E-state index < -0.39 is 32.0 Å². The van der Waals surface area contributed by atoms with Crippen LogP contribution in [0.2, 0.25) is 25.7 Å². The van der Waals surface area contributed by atoms with Gasteiger partial charge in [0.25, 0.3) is 5.56 Å². The van der Waals surface area contributed by atoms with Gasteiger partial charge in [0.1, 0.15) is 6.73 Å². The Labute approximate surface area is 124 Å². The maximum atomic E-state index is 11.8. The topological polar surface area (TPSA) is 105 Å². The van der Waals surface area contributed by atoms with Crippen molar-refractivity contribution in [2.24, 2.45) is 0 Å². The van der Waals surface area contributed by atoms with E-state index in [0.717, 1.165) is 6.04 Å². The number of aromatic nitrogens is 2. The van der Waals surface area contributed by atoms with Crippen LogP contribution >= 0.6 is 0 Å². The van der Waals surface area contributed by atoms with Crippen LogP contribution in [0.4, 0.5) is 0 Å². The van der Waals surface area contributed by atoms with Gasteiger partial charge in [-0.05, 0) is 6.04 Å². The third-order valence-corrected chi connectivity index (χ3v) is 4.70. The minimum Gasteiger partial charge on any atom is -0.394 e. The molecular weight excluding hydrogens is 292 g/mol. The lowest BCUT2D eigenvalue weighted by atomic mass is 10.2. The largest absolute Gasteiger partial charge is 0.394 e. The maximum absolute atomic E-state index is 11.8. The molecular formula is C13H24N2O5Si. The van der Waals surface area contributed by atoms with E-state index in [2.05, 4.69) is 24.6 Å². The zero-order valence-corrected chi connectivity index (χ0v) is 13.8. The van der Waals surface area contributed by atoms with Gasteiger partial charge in [-0.25, -0.2) is 4.79 Å². The second-order valence-electron chi connectivity index (χ2n) is 6.25. The van der Waals surface area contributed by atoms with Crippen molar-refractivity contribution in [2.75, 3.05) is 13.2 Å². The zero-order chi connectivity index (χ0) is 16.0. The van der Waals surface area contributed by atoms with Gasteiger partial charge in [0.05, 0.1) is 12.7 Å². The Bertz CT molecular complexity index is 561. The molecule has 0 bridgehead atoms. The lowest BCUT2D eigenvalue weighted by Gasteiger charge is -2.17. The molecule has 1 heterocycles. The summed E-state index contributed by atoms with van der Waals surface area (Å²) >= 11 is 0. The summed E-state index contributed by atoms with van der Waals surface area (Å²) in [5.74, 6) is 0. The standard InChI is InChI=1S/C13H24N2O5Si/c1-21(2,3)5-4-20-9-15-10(6-11(17)8-16)7-12(18)14-13(15)19/h7,11,16-17H,4-6,8-9H2,1-3H3,(H,14,18,19). The van der Waals surface area contributed by atoms with Gasteiger partial charge in [-0.2, -0.15) is 0 Å². The predicted octanol–water partition coefficient (Wildman–Crippen LogP) is -0.255. The van der Waals surface area contributed by atoms with Crippen molar-refractivity contribution in [1.82, 2.24) is 9.55 Å². The van der Waals surface area contributed by atoms with E-state index in [1.165, 1.54) is 10.6 Å². The average Bonchev–Trinajstić information content (AvgIpc) is 2.35. The number of H-pyrrole nitrogens is 1. The first kappa shape index (κ1) is 17.8. The summed E-state index contributed by atoms with van der Waals surface area (Å²) in [7, 11) is -1.21. The summed E-state index contributed by atoms with van der Waals surface area (Å²) < 4.78 is 6.77. The smallest absolute Gasteiger partial charge is 0.330 e. The molecule has 0 aliphatic rings. The van der Waals surface area contributed by atoms with E-state index in [1.54, 1.807) is 0 Å². The molecule has 0 saturated carbocycles. The number of aromatic amines is 1. The first-order chi connectivity index (χ1) is 9.73. The lowest BCUT2D eigenvalue weighted by molar-refractivity contribution is 0.0724. The quantitative estimate of drug-likeness (QED) is 0.453. The van der Waals surface area contributed by atoms with E-state index in [9.17, 15) is 14.7 Å². The normalized spacial score (nSPS) is 13.4. The van der Waals surface area contributed by atoms with Crippen LogP contribution in [0.25, 0.3) is 0 Å². The molecule has 120 valence electrons. The van der Waals surface area contributed by atoms with Gasteiger partial charge in [0.2, 0.25) is 0 Å². The first-order valence-corrected chi connectivity index (χ1v) is 10.6. The molecule has 0 amide bonds. The van der Waals surface area contributed by atoms with Crippen LogP contribution in [-0.2, 0) is 17.9 Å². The Morgan fingerprint density at radius 3 is 2.62 bits per heavy atom. The number of rotatable bonds is 8. The van der Waals surface area contributed by atoms with Gasteiger partial charge < -0.3 is 14.9 Å². The Balaban J connectivity index is 2.80. The molecule has 1 aromatic rings. The fraction of sp³-hybridized carbons (Fsp3) is 0.692. The summed E-state index contributed by atoms with van der Waals surface area (Å²) in [5, 5.41) is 18.4. The SMILES string of the molecule is C[Si](C)(C)CCOCn1c(CC(O)CO)cc(=O)[nH]c1=O. The summed E-state index contributed by atoms with van der Waals surface area (Å²) in [5.41, 5.74) is -0.757. The number of hydrogen-bond acceptors (Lipinski definition) is 5. The summed E-state index contributed by atoms with van der Waals surface area (Å²) in [6.07, 6.45) is -0.994. The first-order valence-electron chi connectivity index (χ1n) is 6.92. The van der Waals surface area contributed by atoms with Gasteiger partial charge in [-0.3, -0.25) is 14.3 Å². The molecule has 0 fully saturated rings. The Hall–Kier alpha value is -1.22. The van der Waals surface area contributed by atoms with Crippen LogP contribution in [0.5, 0.6) is 0 Å². The number of ether oxygens (including phenoxy) is 1. The number of nitrogens with one attached hydrogen (secondary N) is 1. The molecule has 1 rings (SSSR count). The van der Waals surface area contributed by atoms with Crippen molar-refractivity contribution in [3.8, 4) is 0 Å². The van der Waals surface area contributed by atoms with E-state index >= 15 is 0 Å². The molecule has 8 heteroatoms. The summed E-state index contributed by atoms with van der Waals surface area (Å²) in [4.78, 5) is 25.3. The number of aliphatic hydroxyl groups is 2. The number of aliphatic hydroxyl groups excluding tert-OH is 2. The fourth-order valence-corrected chi connectivity index (χ4v) is 2.48. The molecule has 0 spiro atoms. The molecule has 0 radical (unpaired) electrons. The van der Waals surface area contributed by atoms with Crippen molar-refractivity contribution in [1.29, 1.82) is 0 Å². The van der Waals surface area contributed by atoms with Crippen LogP contribution in [-0.4, -0.2) is 47.2 Å². The summed E-state index contributed by atoms with van der Waals surface area (Å²) in [6, 6.07) is 2.21. The van der Waals surface area contributed by atoms with Gasteiger partial charge in [-0.15, -0.1) is 0 Å². The Kier molecular flexibility index (Phi) is 6.53. The minimum absolute atomic E-state index is 0.0209. The second kappa shape index (κ2) is 7.69. The Morgan fingerprint density at radius 2 is 2.05 bits per heavy atom. The highest BCUT2D eigenvalue weighted by Crippen LogP contribution is 2.08.